The first-order chi connectivity index (χ1) is 20.3. The summed E-state index contributed by atoms with van der Waals surface area (Å²) in [5.41, 5.74) is 8.23. The number of aromatic nitrogens is 5. The molecule has 0 bridgehead atoms. The quantitative estimate of drug-likeness (QED) is 0.244. The van der Waals surface area contributed by atoms with E-state index in [1.54, 1.807) is 27.7 Å². The number of anilines is 2. The van der Waals surface area contributed by atoms with Gasteiger partial charge in [0.15, 0.2) is 11.4 Å². The fraction of sp³-hybridized carbons (Fsp3) is 0.333. The van der Waals surface area contributed by atoms with Crippen molar-refractivity contribution >= 4 is 45.3 Å². The van der Waals surface area contributed by atoms with E-state index >= 15 is 0 Å². The van der Waals surface area contributed by atoms with E-state index in [1.807, 2.05) is 17.0 Å². The summed E-state index contributed by atoms with van der Waals surface area (Å²) >= 11 is -1.09. The van der Waals surface area contributed by atoms with E-state index in [9.17, 15) is 18.1 Å². The summed E-state index contributed by atoms with van der Waals surface area (Å²) in [6.45, 7) is 3.63. The van der Waals surface area contributed by atoms with Gasteiger partial charge in [0.25, 0.3) is 5.91 Å². The molecule has 1 aliphatic rings. The van der Waals surface area contributed by atoms with Crippen molar-refractivity contribution in [3.63, 3.8) is 0 Å². The van der Waals surface area contributed by atoms with E-state index in [0.717, 1.165) is 17.0 Å². The Balaban J connectivity index is 1.10. The standard InChI is InChI=1S/C27H29F2N9O3S/c1-42(40)12-4-31-26(39)17-13-23(20(29)14-19(17)28)36-8-5-35(6-9-36)7-10-37-25-18(16-32-37)22-15-21(24-3-2-11-41-24)34-38(22)27(30)33-25/h2-3,11,13-16H,4-10,12H2,1H3,(H2,30,33)(H,31,39)/t42-/m1/s1. The van der Waals surface area contributed by atoms with Crippen LogP contribution in [0.4, 0.5) is 20.4 Å². The molecule has 1 fully saturated rings. The van der Waals surface area contributed by atoms with Crippen molar-refractivity contribution in [2.45, 2.75) is 6.54 Å². The van der Waals surface area contributed by atoms with Crippen molar-refractivity contribution in [2.24, 2.45) is 0 Å². The second kappa shape index (κ2) is 11.6. The molecule has 1 amide bonds. The average molecular weight is 598 g/mol. The molecule has 1 aromatic carbocycles. The monoisotopic (exact) mass is 597 g/mol. The Labute approximate surface area is 242 Å². The smallest absolute Gasteiger partial charge is 0.254 e. The van der Waals surface area contributed by atoms with Crippen LogP contribution < -0.4 is 16.0 Å². The highest BCUT2D eigenvalue weighted by Crippen LogP contribution is 2.27. The van der Waals surface area contributed by atoms with Crippen molar-refractivity contribution in [2.75, 3.05) is 61.9 Å². The zero-order chi connectivity index (χ0) is 29.4. The first kappa shape index (κ1) is 27.9. The molecule has 12 nitrogen and oxygen atoms in total. The van der Waals surface area contributed by atoms with Crippen LogP contribution in [0.25, 0.3) is 28.0 Å². The minimum Gasteiger partial charge on any atom is -0.617 e. The average Bonchev–Trinajstić information content (AvgIpc) is 3.72. The molecule has 5 aromatic rings. The molecule has 1 atom stereocenters. The molecule has 0 radical (unpaired) electrons. The number of amides is 1. The third-order valence-electron chi connectivity index (χ3n) is 7.31. The zero-order valence-corrected chi connectivity index (χ0v) is 23.6. The molecule has 5 heterocycles. The minimum absolute atomic E-state index is 0.139. The first-order valence-electron chi connectivity index (χ1n) is 13.4. The number of carbonyl (C=O) groups is 1. The Hall–Kier alpha value is -4.21. The van der Waals surface area contributed by atoms with Gasteiger partial charge in [-0.25, -0.2) is 13.5 Å². The minimum atomic E-state index is -1.09. The topological polar surface area (TPSA) is 146 Å². The normalized spacial score (nSPS) is 15.1. The Kier molecular flexibility index (Phi) is 7.70. The number of nitrogens with one attached hydrogen (secondary N) is 1. The largest absolute Gasteiger partial charge is 0.617 e. The van der Waals surface area contributed by atoms with Gasteiger partial charge >= 0.3 is 0 Å². The van der Waals surface area contributed by atoms with Gasteiger partial charge < -0.3 is 24.9 Å². The van der Waals surface area contributed by atoms with Crippen LogP contribution in [0.15, 0.2) is 47.2 Å². The molecule has 4 aromatic heterocycles. The molecule has 3 N–H and O–H groups in total. The van der Waals surface area contributed by atoms with Gasteiger partial charge in [-0.2, -0.15) is 19.7 Å². The van der Waals surface area contributed by atoms with Crippen LogP contribution in [0.1, 0.15) is 10.4 Å². The van der Waals surface area contributed by atoms with Crippen molar-refractivity contribution in [1.29, 1.82) is 0 Å². The Morgan fingerprint density at radius 3 is 2.71 bits per heavy atom. The molecular formula is C27H29F2N9O3S. The van der Waals surface area contributed by atoms with Gasteiger partial charge in [0.05, 0.1) is 54.0 Å². The number of piperazine rings is 1. The number of rotatable bonds is 9. The van der Waals surface area contributed by atoms with Crippen LogP contribution >= 0.6 is 0 Å². The highest BCUT2D eigenvalue weighted by molar-refractivity contribution is 7.90. The number of hydrogen-bond acceptors (Lipinski definition) is 9. The summed E-state index contributed by atoms with van der Waals surface area (Å²) in [4.78, 5) is 21.0. The second-order valence-electron chi connectivity index (χ2n) is 10.0. The van der Waals surface area contributed by atoms with Crippen molar-refractivity contribution in [3.05, 3.63) is 60.0 Å². The van der Waals surface area contributed by atoms with Gasteiger partial charge in [-0.15, -0.1) is 0 Å². The fourth-order valence-corrected chi connectivity index (χ4v) is 5.48. The fourth-order valence-electron chi connectivity index (χ4n) is 5.10. The van der Waals surface area contributed by atoms with E-state index in [2.05, 4.69) is 25.4 Å². The maximum absolute atomic E-state index is 14.7. The lowest BCUT2D eigenvalue weighted by Gasteiger charge is -2.36. The highest BCUT2D eigenvalue weighted by atomic mass is 32.2. The second-order valence-corrected chi connectivity index (χ2v) is 11.6. The number of nitrogen functional groups attached to an aromatic ring is 1. The molecule has 6 rings (SSSR count). The molecule has 1 saturated heterocycles. The van der Waals surface area contributed by atoms with Gasteiger partial charge in [-0.1, -0.05) is 11.2 Å². The van der Waals surface area contributed by atoms with Gasteiger partial charge in [-0.05, 0) is 24.3 Å². The Bertz CT molecular complexity index is 1730. The number of furan rings is 1. The molecule has 42 heavy (non-hydrogen) atoms. The van der Waals surface area contributed by atoms with Crippen LogP contribution in [0.3, 0.4) is 0 Å². The lowest BCUT2D eigenvalue weighted by atomic mass is 10.1. The van der Waals surface area contributed by atoms with Crippen LogP contribution in [0, 0.1) is 11.6 Å². The molecule has 0 aliphatic carbocycles. The van der Waals surface area contributed by atoms with Gasteiger partial charge in [0.2, 0.25) is 5.95 Å². The summed E-state index contributed by atoms with van der Waals surface area (Å²) in [6, 6.07) is 7.50. The Morgan fingerprint density at radius 2 is 1.98 bits per heavy atom. The van der Waals surface area contributed by atoms with E-state index in [0.29, 0.717) is 56.4 Å². The van der Waals surface area contributed by atoms with Gasteiger partial charge in [0.1, 0.15) is 23.1 Å². The summed E-state index contributed by atoms with van der Waals surface area (Å²) in [5.74, 6) is -1.20. The SMILES string of the molecule is C[S@@+]([O-])CCNC(=O)c1cc(N2CCN(CCn3ncc4c3nc(N)n3nc(-c5ccco5)cc43)CC2)c(F)cc1F. The van der Waals surface area contributed by atoms with Crippen LogP contribution in [-0.4, -0.2) is 91.0 Å². The summed E-state index contributed by atoms with van der Waals surface area (Å²) in [6.07, 6.45) is 4.85. The van der Waals surface area contributed by atoms with Crippen molar-refractivity contribution < 1.29 is 22.5 Å². The van der Waals surface area contributed by atoms with E-state index < -0.39 is 28.7 Å². The maximum atomic E-state index is 14.7. The molecule has 1 aliphatic heterocycles. The van der Waals surface area contributed by atoms with Gasteiger partial charge in [0, 0.05) is 38.8 Å². The number of nitrogens with zero attached hydrogens (tertiary/aromatic N) is 7. The number of carbonyl (C=O) groups excluding carboxylic acids is 1. The molecule has 220 valence electrons. The van der Waals surface area contributed by atoms with E-state index in [1.165, 1.54) is 12.3 Å². The van der Waals surface area contributed by atoms with Crippen molar-refractivity contribution in [1.82, 2.24) is 34.6 Å². The van der Waals surface area contributed by atoms with Gasteiger partial charge in [-0.3, -0.25) is 9.69 Å². The number of fused-ring (bicyclic) bond motifs is 3. The lowest BCUT2D eigenvalue weighted by Crippen LogP contribution is -2.47. The third-order valence-corrected chi connectivity index (χ3v) is 8.08. The number of benzene rings is 1. The lowest BCUT2D eigenvalue weighted by molar-refractivity contribution is 0.0952. The van der Waals surface area contributed by atoms with Crippen LogP contribution in [-0.2, 0) is 17.7 Å². The highest BCUT2D eigenvalue weighted by Gasteiger charge is 2.24. The maximum Gasteiger partial charge on any atom is 0.254 e. The van der Waals surface area contributed by atoms with E-state index in [-0.39, 0.29) is 29.5 Å². The van der Waals surface area contributed by atoms with Crippen LogP contribution in [0.2, 0.25) is 0 Å². The van der Waals surface area contributed by atoms with Crippen LogP contribution in [0.5, 0.6) is 0 Å². The number of nitrogens with two attached hydrogens (primary N) is 1. The number of hydrogen-bond donors (Lipinski definition) is 2. The molecule has 0 spiro atoms. The summed E-state index contributed by atoms with van der Waals surface area (Å²) in [7, 11) is 0. The summed E-state index contributed by atoms with van der Waals surface area (Å²) in [5, 5.41) is 12.4. The first-order valence-corrected chi connectivity index (χ1v) is 15.1. The van der Waals surface area contributed by atoms with E-state index in [4.69, 9.17) is 10.2 Å². The molecule has 15 heteroatoms. The molecule has 0 saturated carbocycles. The zero-order valence-electron chi connectivity index (χ0n) is 22.8. The predicted molar refractivity (Wildman–Crippen MR) is 155 cm³/mol. The molecule has 0 unspecified atom stereocenters. The number of halogens is 2. The Morgan fingerprint density at radius 1 is 1.17 bits per heavy atom. The predicted octanol–water partition coefficient (Wildman–Crippen LogP) is 2.13. The molecular weight excluding hydrogens is 568 g/mol. The summed E-state index contributed by atoms with van der Waals surface area (Å²) < 4.78 is 49.2. The van der Waals surface area contributed by atoms with Crippen molar-refractivity contribution in [3.8, 4) is 11.5 Å². The third kappa shape index (κ3) is 5.49.